The number of amides is 1. The molecule has 0 aliphatic rings. The highest BCUT2D eigenvalue weighted by molar-refractivity contribution is 5.81. The summed E-state index contributed by atoms with van der Waals surface area (Å²) in [6.07, 6.45) is 0. The number of fused-ring (bicyclic) bond motifs is 1. The number of carbonyl (C=O) groups excluding carboxylic acids is 1. The monoisotopic (exact) mass is 393 g/mol. The van der Waals surface area contributed by atoms with Crippen molar-refractivity contribution in [3.63, 3.8) is 0 Å². The van der Waals surface area contributed by atoms with Crippen LogP contribution in [-0.4, -0.2) is 21.1 Å². The van der Waals surface area contributed by atoms with Crippen molar-refractivity contribution < 1.29 is 4.79 Å². The van der Waals surface area contributed by atoms with Crippen LogP contribution in [0, 0.1) is 0 Å². The van der Waals surface area contributed by atoms with Gasteiger partial charge in [-0.1, -0.05) is 56.3 Å². The van der Waals surface area contributed by atoms with E-state index in [1.54, 1.807) is 31.2 Å². The molecule has 2 aromatic carbocycles. The summed E-state index contributed by atoms with van der Waals surface area (Å²) in [6, 6.07) is 16.7. The Kier molecular flexibility index (Phi) is 5.73. The maximum atomic E-state index is 12.8. The fourth-order valence-corrected chi connectivity index (χ4v) is 3.53. The third kappa shape index (κ3) is 3.88. The highest BCUT2D eigenvalue weighted by Gasteiger charge is 2.29. The van der Waals surface area contributed by atoms with Crippen LogP contribution in [0.3, 0.4) is 0 Å². The van der Waals surface area contributed by atoms with E-state index < -0.39 is 5.69 Å². The second kappa shape index (κ2) is 8.07. The van der Waals surface area contributed by atoms with Gasteiger partial charge in [0.05, 0.1) is 10.9 Å². The molecule has 6 heteroatoms. The number of hydrogen-bond acceptors (Lipinski definition) is 3. The number of aromatic nitrogens is 2. The summed E-state index contributed by atoms with van der Waals surface area (Å²) < 4.78 is 2.53. The Morgan fingerprint density at radius 3 is 2.28 bits per heavy atom. The Labute approximate surface area is 169 Å². The Morgan fingerprint density at radius 1 is 1.00 bits per heavy atom. The van der Waals surface area contributed by atoms with Gasteiger partial charge in [-0.2, -0.15) is 0 Å². The molecule has 1 unspecified atom stereocenters. The van der Waals surface area contributed by atoms with Crippen LogP contribution in [0.1, 0.15) is 33.3 Å². The van der Waals surface area contributed by atoms with Crippen molar-refractivity contribution in [1.29, 1.82) is 0 Å². The molecule has 6 nitrogen and oxygen atoms in total. The molecular formula is C23H27N3O3. The first kappa shape index (κ1) is 20.6. The molecule has 0 aliphatic heterocycles. The van der Waals surface area contributed by atoms with Gasteiger partial charge in [0.15, 0.2) is 0 Å². The quantitative estimate of drug-likeness (QED) is 0.700. The third-order valence-electron chi connectivity index (χ3n) is 5.73. The van der Waals surface area contributed by atoms with E-state index >= 15 is 0 Å². The topological polar surface area (TPSA) is 73.1 Å². The predicted molar refractivity (Wildman–Crippen MR) is 115 cm³/mol. The van der Waals surface area contributed by atoms with Crippen LogP contribution >= 0.6 is 0 Å². The number of hydrogen-bond donors (Lipinski definition) is 1. The van der Waals surface area contributed by atoms with Crippen molar-refractivity contribution in [1.82, 2.24) is 14.5 Å². The van der Waals surface area contributed by atoms with Gasteiger partial charge in [0.1, 0.15) is 6.54 Å². The maximum Gasteiger partial charge on any atom is 0.331 e. The summed E-state index contributed by atoms with van der Waals surface area (Å²) in [6.45, 7) is 7.96. The minimum atomic E-state index is -0.471. The lowest BCUT2D eigenvalue weighted by atomic mass is 9.78. The second-order valence-corrected chi connectivity index (χ2v) is 7.81. The first-order valence-corrected chi connectivity index (χ1v) is 9.84. The highest BCUT2D eigenvalue weighted by Crippen LogP contribution is 2.26. The molecule has 3 aromatic rings. The van der Waals surface area contributed by atoms with Gasteiger partial charge in [0.2, 0.25) is 5.91 Å². The minimum absolute atomic E-state index is 0.144. The van der Waals surface area contributed by atoms with E-state index in [1.807, 2.05) is 37.3 Å². The van der Waals surface area contributed by atoms with E-state index in [1.165, 1.54) is 4.57 Å². The molecule has 152 valence electrons. The van der Waals surface area contributed by atoms with Crippen LogP contribution in [0.15, 0.2) is 64.2 Å². The molecule has 3 rings (SSSR count). The Hall–Kier alpha value is -3.15. The number of benzene rings is 2. The zero-order valence-electron chi connectivity index (χ0n) is 17.3. The van der Waals surface area contributed by atoms with Gasteiger partial charge in [-0.25, -0.2) is 4.79 Å². The Morgan fingerprint density at radius 2 is 1.62 bits per heavy atom. The van der Waals surface area contributed by atoms with Gasteiger partial charge in [-0.3, -0.25) is 18.7 Å². The normalized spacial score (nSPS) is 12.7. The van der Waals surface area contributed by atoms with E-state index in [4.69, 9.17) is 0 Å². The maximum absolute atomic E-state index is 12.8. The van der Waals surface area contributed by atoms with Gasteiger partial charge in [-0.05, 0) is 31.5 Å². The number of para-hydroxylation sites is 1. The number of nitrogens with one attached hydrogen (secondary N) is 1. The van der Waals surface area contributed by atoms with Crippen molar-refractivity contribution in [2.75, 3.05) is 0 Å². The van der Waals surface area contributed by atoms with Crippen LogP contribution < -0.4 is 16.6 Å². The van der Waals surface area contributed by atoms with Crippen molar-refractivity contribution in [3.8, 4) is 0 Å². The molecule has 0 radical (unpaired) electrons. The van der Waals surface area contributed by atoms with Crippen LogP contribution in [0.4, 0.5) is 0 Å². The molecular weight excluding hydrogens is 366 g/mol. The summed E-state index contributed by atoms with van der Waals surface area (Å²) in [5.41, 5.74) is 0.503. The predicted octanol–water partition coefficient (Wildman–Crippen LogP) is 2.67. The lowest BCUT2D eigenvalue weighted by Crippen LogP contribution is -2.48. The molecule has 0 saturated heterocycles. The molecule has 1 amide bonds. The van der Waals surface area contributed by atoms with Gasteiger partial charge < -0.3 is 5.32 Å². The minimum Gasteiger partial charge on any atom is -0.351 e. The summed E-state index contributed by atoms with van der Waals surface area (Å²) in [5, 5.41) is 3.46. The van der Waals surface area contributed by atoms with E-state index in [9.17, 15) is 14.4 Å². The number of nitrogens with zero attached hydrogens (tertiary/aromatic N) is 2. The fraction of sp³-hybridized carbons (Fsp3) is 0.348. The summed E-state index contributed by atoms with van der Waals surface area (Å²) >= 11 is 0. The fourth-order valence-electron chi connectivity index (χ4n) is 3.53. The van der Waals surface area contributed by atoms with Crippen molar-refractivity contribution in [3.05, 3.63) is 81.0 Å². The van der Waals surface area contributed by atoms with Crippen molar-refractivity contribution in [2.45, 2.75) is 52.2 Å². The summed E-state index contributed by atoms with van der Waals surface area (Å²) in [7, 11) is 0. The molecule has 1 atom stereocenters. The van der Waals surface area contributed by atoms with Gasteiger partial charge in [0.25, 0.3) is 5.56 Å². The molecule has 1 aromatic heterocycles. The van der Waals surface area contributed by atoms with Gasteiger partial charge in [0, 0.05) is 18.0 Å². The van der Waals surface area contributed by atoms with E-state index in [0.29, 0.717) is 10.9 Å². The van der Waals surface area contributed by atoms with Crippen molar-refractivity contribution in [2.24, 2.45) is 0 Å². The zero-order valence-corrected chi connectivity index (χ0v) is 17.3. The molecule has 0 spiro atoms. The summed E-state index contributed by atoms with van der Waals surface area (Å²) in [4.78, 5) is 38.2. The molecule has 1 heterocycles. The first-order valence-electron chi connectivity index (χ1n) is 9.84. The lowest BCUT2D eigenvalue weighted by molar-refractivity contribution is -0.122. The van der Waals surface area contributed by atoms with Crippen LogP contribution in [0.2, 0.25) is 0 Å². The largest absolute Gasteiger partial charge is 0.351 e. The first-order chi connectivity index (χ1) is 13.8. The Bertz CT molecular complexity index is 1140. The van der Waals surface area contributed by atoms with E-state index in [2.05, 4.69) is 19.2 Å². The second-order valence-electron chi connectivity index (χ2n) is 7.81. The molecule has 0 fully saturated rings. The van der Waals surface area contributed by atoms with Crippen LogP contribution in [0.5, 0.6) is 0 Å². The van der Waals surface area contributed by atoms with Crippen LogP contribution in [-0.2, 0) is 23.3 Å². The lowest BCUT2D eigenvalue weighted by Gasteiger charge is -2.33. The highest BCUT2D eigenvalue weighted by atomic mass is 16.2. The SMILES string of the molecule is CCn1c(=O)c2ccccc2n(CC(=O)NC(C)C(C)(C)c2ccccc2)c1=O. The average Bonchev–Trinajstić information content (AvgIpc) is 2.72. The number of carbonyl (C=O) groups is 1. The third-order valence-corrected chi connectivity index (χ3v) is 5.73. The number of rotatable bonds is 6. The summed E-state index contributed by atoms with van der Waals surface area (Å²) in [5.74, 6) is -0.268. The van der Waals surface area contributed by atoms with Crippen molar-refractivity contribution >= 4 is 16.8 Å². The van der Waals surface area contributed by atoms with E-state index in [-0.39, 0.29) is 36.0 Å². The molecule has 0 bridgehead atoms. The average molecular weight is 393 g/mol. The standard InChI is InChI=1S/C23H27N3O3/c1-5-25-21(28)18-13-9-10-14-19(18)26(22(25)29)15-20(27)24-16(2)23(3,4)17-11-7-6-8-12-17/h6-14,16H,5,15H2,1-4H3,(H,24,27). The zero-order chi connectivity index (χ0) is 21.2. The van der Waals surface area contributed by atoms with Crippen LogP contribution in [0.25, 0.3) is 10.9 Å². The molecule has 0 aliphatic carbocycles. The van der Waals surface area contributed by atoms with E-state index in [0.717, 1.165) is 10.1 Å². The molecule has 1 N–H and O–H groups in total. The smallest absolute Gasteiger partial charge is 0.331 e. The van der Waals surface area contributed by atoms with Gasteiger partial charge >= 0.3 is 5.69 Å². The van der Waals surface area contributed by atoms with Gasteiger partial charge in [-0.15, -0.1) is 0 Å². The molecule has 29 heavy (non-hydrogen) atoms. The Balaban J connectivity index is 1.91. The molecule has 0 saturated carbocycles.